The largest absolute Gasteiger partial charge is 0.447 e. The van der Waals surface area contributed by atoms with E-state index in [1.807, 2.05) is 38.4 Å². The maximum atomic E-state index is 12.8. The molecule has 1 aliphatic carbocycles. The Labute approximate surface area is 188 Å². The number of esters is 1. The van der Waals surface area contributed by atoms with Gasteiger partial charge < -0.3 is 20.7 Å². The normalized spacial score (nSPS) is 24.3. The lowest BCUT2D eigenvalue weighted by atomic mass is 9.70. The van der Waals surface area contributed by atoms with E-state index in [4.69, 9.17) is 22.1 Å². The first-order valence-corrected chi connectivity index (χ1v) is 10.7. The molecule has 1 aliphatic rings. The molecule has 7 nitrogen and oxygen atoms in total. The summed E-state index contributed by atoms with van der Waals surface area (Å²) in [7, 11) is 3.99. The van der Waals surface area contributed by atoms with Crippen LogP contribution in [0.2, 0.25) is 5.02 Å². The number of benzene rings is 1. The van der Waals surface area contributed by atoms with Gasteiger partial charge in [-0.1, -0.05) is 35.9 Å². The third kappa shape index (κ3) is 5.86. The molecule has 0 radical (unpaired) electrons. The minimum Gasteiger partial charge on any atom is -0.447 e. The standard InChI is InChI=1S/C23H32ClN3O4/c1-5-8-19(26-16(2)28)20(29)31-23(21(25)30)13-11-22(12-14-23,27(3)4)15-17-9-6-7-10-18(17)24/h5-7,9-10,19H,1,8,11-15H2,2-4H3,(H2,25,30)(H,26,28). The zero-order valence-electron chi connectivity index (χ0n) is 18.4. The first-order valence-electron chi connectivity index (χ1n) is 10.4. The van der Waals surface area contributed by atoms with Crippen molar-refractivity contribution in [2.45, 2.75) is 62.6 Å². The van der Waals surface area contributed by atoms with E-state index in [2.05, 4.69) is 16.8 Å². The van der Waals surface area contributed by atoms with Gasteiger partial charge in [0.15, 0.2) is 5.60 Å². The number of nitrogens with one attached hydrogen (secondary N) is 1. The van der Waals surface area contributed by atoms with Crippen LogP contribution in [0.25, 0.3) is 0 Å². The van der Waals surface area contributed by atoms with Crippen molar-refractivity contribution in [3.05, 3.63) is 47.5 Å². The number of halogens is 1. The number of nitrogens with zero attached hydrogens (tertiary/aromatic N) is 1. The summed E-state index contributed by atoms with van der Waals surface area (Å²) in [5.41, 5.74) is 5.07. The highest BCUT2D eigenvalue weighted by atomic mass is 35.5. The van der Waals surface area contributed by atoms with E-state index in [1.165, 1.54) is 13.0 Å². The van der Waals surface area contributed by atoms with E-state index in [0.717, 1.165) is 5.56 Å². The second-order valence-corrected chi connectivity index (χ2v) is 8.85. The van der Waals surface area contributed by atoms with Crippen LogP contribution in [0, 0.1) is 0 Å². The fourth-order valence-corrected chi connectivity index (χ4v) is 4.39. The van der Waals surface area contributed by atoms with E-state index in [-0.39, 0.29) is 30.7 Å². The molecule has 2 rings (SSSR count). The molecule has 2 amide bonds. The molecule has 0 aliphatic heterocycles. The number of amides is 2. The van der Waals surface area contributed by atoms with Gasteiger partial charge in [-0.15, -0.1) is 6.58 Å². The van der Waals surface area contributed by atoms with Crippen molar-refractivity contribution in [3.8, 4) is 0 Å². The second-order valence-electron chi connectivity index (χ2n) is 8.44. The van der Waals surface area contributed by atoms with Gasteiger partial charge in [-0.05, 0) is 64.3 Å². The monoisotopic (exact) mass is 449 g/mol. The number of ether oxygens (including phenoxy) is 1. The van der Waals surface area contributed by atoms with E-state index >= 15 is 0 Å². The Hall–Kier alpha value is -2.38. The highest BCUT2D eigenvalue weighted by molar-refractivity contribution is 6.31. The molecule has 0 heterocycles. The third-order valence-electron chi connectivity index (χ3n) is 6.22. The molecule has 0 aromatic heterocycles. The van der Waals surface area contributed by atoms with Gasteiger partial charge >= 0.3 is 5.97 Å². The minimum absolute atomic E-state index is 0.196. The Balaban J connectivity index is 2.22. The highest BCUT2D eigenvalue weighted by Crippen LogP contribution is 2.42. The molecule has 1 aromatic carbocycles. The van der Waals surface area contributed by atoms with Gasteiger partial charge in [0.2, 0.25) is 5.91 Å². The van der Waals surface area contributed by atoms with Gasteiger partial charge in [-0.3, -0.25) is 9.59 Å². The Morgan fingerprint density at radius 2 is 1.87 bits per heavy atom. The molecular formula is C23H32ClN3O4. The van der Waals surface area contributed by atoms with Crippen LogP contribution in [0.3, 0.4) is 0 Å². The third-order valence-corrected chi connectivity index (χ3v) is 6.59. The molecule has 0 saturated heterocycles. The highest BCUT2D eigenvalue weighted by Gasteiger charge is 2.50. The molecule has 1 fully saturated rings. The fraction of sp³-hybridized carbons (Fsp3) is 0.522. The average molecular weight is 450 g/mol. The first kappa shape index (κ1) is 24.9. The van der Waals surface area contributed by atoms with Crippen LogP contribution >= 0.6 is 11.6 Å². The van der Waals surface area contributed by atoms with Crippen LogP contribution < -0.4 is 11.1 Å². The molecule has 1 aromatic rings. The predicted octanol–water partition coefficient (Wildman–Crippen LogP) is 2.61. The van der Waals surface area contributed by atoms with Crippen molar-refractivity contribution >= 4 is 29.4 Å². The Kier molecular flexibility index (Phi) is 8.26. The first-order chi connectivity index (χ1) is 14.5. The maximum absolute atomic E-state index is 12.8. The number of carbonyl (C=O) groups is 3. The van der Waals surface area contributed by atoms with Gasteiger partial charge in [-0.2, -0.15) is 0 Å². The van der Waals surface area contributed by atoms with Gasteiger partial charge in [-0.25, -0.2) is 4.79 Å². The van der Waals surface area contributed by atoms with E-state index < -0.39 is 23.5 Å². The molecule has 3 N–H and O–H groups in total. The SMILES string of the molecule is C=CCC(NC(C)=O)C(=O)OC1(C(N)=O)CCC(Cc2ccccc2Cl)(N(C)C)CC1. The number of carbonyl (C=O) groups excluding carboxylic acids is 3. The van der Waals surface area contributed by atoms with Crippen LogP contribution in [-0.4, -0.2) is 54.0 Å². The summed E-state index contributed by atoms with van der Waals surface area (Å²) in [6.07, 6.45) is 4.17. The fourth-order valence-electron chi connectivity index (χ4n) is 4.19. The number of hydrogen-bond acceptors (Lipinski definition) is 5. The predicted molar refractivity (Wildman–Crippen MR) is 120 cm³/mol. The summed E-state index contributed by atoms with van der Waals surface area (Å²) in [4.78, 5) is 38.7. The van der Waals surface area contributed by atoms with Gasteiger partial charge in [0.05, 0.1) is 0 Å². The lowest BCUT2D eigenvalue weighted by Gasteiger charge is -2.48. The van der Waals surface area contributed by atoms with Crippen molar-refractivity contribution in [1.29, 1.82) is 0 Å². The maximum Gasteiger partial charge on any atom is 0.330 e. The summed E-state index contributed by atoms with van der Waals surface area (Å²) in [5, 5.41) is 3.24. The number of nitrogens with two attached hydrogens (primary N) is 1. The summed E-state index contributed by atoms with van der Waals surface area (Å²) in [6.45, 7) is 4.92. The van der Waals surface area contributed by atoms with Crippen LogP contribution in [0.5, 0.6) is 0 Å². The summed E-state index contributed by atoms with van der Waals surface area (Å²) in [6, 6.07) is 6.79. The zero-order chi connectivity index (χ0) is 23.2. The number of rotatable bonds is 9. The van der Waals surface area contributed by atoms with E-state index in [1.54, 1.807) is 0 Å². The number of primary amides is 1. The van der Waals surface area contributed by atoms with Crippen LogP contribution in [0.1, 0.15) is 44.6 Å². The van der Waals surface area contributed by atoms with E-state index in [0.29, 0.717) is 24.3 Å². The van der Waals surface area contributed by atoms with E-state index in [9.17, 15) is 14.4 Å². The lowest BCUT2D eigenvalue weighted by molar-refractivity contribution is -0.176. The number of hydrogen-bond donors (Lipinski definition) is 2. The molecule has 1 saturated carbocycles. The Morgan fingerprint density at radius 1 is 1.26 bits per heavy atom. The molecule has 8 heteroatoms. The molecular weight excluding hydrogens is 418 g/mol. The van der Waals surface area contributed by atoms with Crippen molar-refractivity contribution in [1.82, 2.24) is 10.2 Å². The Morgan fingerprint density at radius 3 is 2.35 bits per heavy atom. The Bertz CT molecular complexity index is 832. The van der Waals surface area contributed by atoms with Crippen molar-refractivity contribution < 1.29 is 19.1 Å². The molecule has 1 unspecified atom stereocenters. The van der Waals surface area contributed by atoms with Gasteiger partial charge in [0.1, 0.15) is 6.04 Å². The van der Waals surface area contributed by atoms with Crippen molar-refractivity contribution in [3.63, 3.8) is 0 Å². The van der Waals surface area contributed by atoms with Gasteiger partial charge in [0, 0.05) is 17.5 Å². The van der Waals surface area contributed by atoms with Crippen LogP contribution in [0.4, 0.5) is 0 Å². The molecule has 31 heavy (non-hydrogen) atoms. The second kappa shape index (κ2) is 10.3. The topological polar surface area (TPSA) is 102 Å². The quantitative estimate of drug-likeness (QED) is 0.445. The molecule has 170 valence electrons. The molecule has 0 bridgehead atoms. The summed E-state index contributed by atoms with van der Waals surface area (Å²) < 4.78 is 5.68. The van der Waals surface area contributed by atoms with Crippen LogP contribution in [-0.2, 0) is 25.5 Å². The zero-order valence-corrected chi connectivity index (χ0v) is 19.2. The molecule has 1 atom stereocenters. The minimum atomic E-state index is -1.41. The lowest BCUT2D eigenvalue weighted by Crippen LogP contribution is -2.58. The summed E-state index contributed by atoms with van der Waals surface area (Å²) >= 11 is 6.39. The smallest absolute Gasteiger partial charge is 0.330 e. The summed E-state index contributed by atoms with van der Waals surface area (Å²) in [5.74, 6) is -1.73. The molecule has 0 spiro atoms. The van der Waals surface area contributed by atoms with Gasteiger partial charge in [0.25, 0.3) is 5.91 Å². The van der Waals surface area contributed by atoms with Crippen molar-refractivity contribution in [2.75, 3.05) is 14.1 Å². The number of likely N-dealkylation sites (N-methyl/N-ethyl adjacent to an activating group) is 1. The van der Waals surface area contributed by atoms with Crippen LogP contribution in [0.15, 0.2) is 36.9 Å². The van der Waals surface area contributed by atoms with Crippen molar-refractivity contribution in [2.24, 2.45) is 5.73 Å². The average Bonchev–Trinajstić information content (AvgIpc) is 2.70.